The van der Waals surface area contributed by atoms with Gasteiger partial charge in [-0.1, -0.05) is 43.7 Å². The van der Waals surface area contributed by atoms with Gasteiger partial charge in [-0.25, -0.2) is 8.42 Å². The number of sulfonamides is 1. The predicted octanol–water partition coefficient (Wildman–Crippen LogP) is 3.63. The van der Waals surface area contributed by atoms with Crippen molar-refractivity contribution in [3.8, 4) is 0 Å². The van der Waals surface area contributed by atoms with Crippen LogP contribution in [0.25, 0.3) is 0 Å². The molecule has 0 unspecified atom stereocenters. The van der Waals surface area contributed by atoms with E-state index < -0.39 is 10.0 Å². The van der Waals surface area contributed by atoms with Crippen LogP contribution in [0.3, 0.4) is 0 Å². The van der Waals surface area contributed by atoms with Gasteiger partial charge in [-0.05, 0) is 31.2 Å². The number of hydrogen-bond acceptors (Lipinski definition) is 3. The molecular formula is C17H19NO3S. The monoisotopic (exact) mass is 317 g/mol. The van der Waals surface area contributed by atoms with Gasteiger partial charge in [0.1, 0.15) is 0 Å². The number of Topliss-reactive ketones (excluding diaryl/α,β-unsaturated/α-hetero) is 1. The fraction of sp³-hybridized carbons (Fsp3) is 0.235. The molecule has 0 aromatic heterocycles. The van der Waals surface area contributed by atoms with Gasteiger partial charge in [0.2, 0.25) is 0 Å². The summed E-state index contributed by atoms with van der Waals surface area (Å²) in [6.45, 7) is 5.56. The minimum absolute atomic E-state index is 0.00422. The zero-order valence-corrected chi connectivity index (χ0v) is 13.6. The van der Waals surface area contributed by atoms with Gasteiger partial charge in [0.25, 0.3) is 10.0 Å². The Bertz CT molecular complexity index is 761. The van der Waals surface area contributed by atoms with E-state index in [4.69, 9.17) is 0 Å². The maximum atomic E-state index is 12.3. The van der Waals surface area contributed by atoms with Crippen LogP contribution < -0.4 is 4.72 Å². The maximum absolute atomic E-state index is 12.3. The van der Waals surface area contributed by atoms with Crippen LogP contribution in [0.1, 0.15) is 29.8 Å². The van der Waals surface area contributed by atoms with Gasteiger partial charge < -0.3 is 0 Å². The van der Waals surface area contributed by atoms with Crippen molar-refractivity contribution >= 4 is 21.5 Å². The van der Waals surface area contributed by atoms with Gasteiger partial charge in [0, 0.05) is 17.2 Å². The van der Waals surface area contributed by atoms with Crippen LogP contribution in [-0.4, -0.2) is 14.2 Å². The van der Waals surface area contributed by atoms with E-state index in [9.17, 15) is 13.2 Å². The number of carbonyl (C=O) groups is 1. The molecule has 0 atom stereocenters. The highest BCUT2D eigenvalue weighted by Gasteiger charge is 2.16. The second kappa shape index (κ2) is 6.32. The molecule has 0 aliphatic carbocycles. The molecule has 0 spiro atoms. The summed E-state index contributed by atoms with van der Waals surface area (Å²) in [5.74, 6) is -0.122. The van der Waals surface area contributed by atoms with Gasteiger partial charge in [0.05, 0.1) is 4.90 Å². The SMILES string of the molecule is Cc1ccc(NS(=O)(=O)c2ccc(C(=O)C(C)C)cc2)cc1. The van der Waals surface area contributed by atoms with Crippen LogP contribution in [0.2, 0.25) is 0 Å². The van der Waals surface area contributed by atoms with E-state index in [-0.39, 0.29) is 16.6 Å². The lowest BCUT2D eigenvalue weighted by molar-refractivity contribution is 0.0939. The van der Waals surface area contributed by atoms with Crippen molar-refractivity contribution < 1.29 is 13.2 Å². The number of ketones is 1. The molecule has 5 heteroatoms. The van der Waals surface area contributed by atoms with Crippen molar-refractivity contribution in [2.75, 3.05) is 4.72 Å². The van der Waals surface area contributed by atoms with E-state index in [0.717, 1.165) is 5.56 Å². The van der Waals surface area contributed by atoms with E-state index in [1.54, 1.807) is 24.3 Å². The molecule has 2 rings (SSSR count). The molecule has 2 aromatic carbocycles. The van der Waals surface area contributed by atoms with Crippen LogP contribution in [0.15, 0.2) is 53.4 Å². The van der Waals surface area contributed by atoms with Crippen molar-refractivity contribution in [3.05, 3.63) is 59.7 Å². The summed E-state index contributed by atoms with van der Waals surface area (Å²) < 4.78 is 27.1. The lowest BCUT2D eigenvalue weighted by Gasteiger charge is -2.09. The molecule has 4 nitrogen and oxygen atoms in total. The molecule has 0 bridgehead atoms. The Morgan fingerprint density at radius 2 is 1.50 bits per heavy atom. The minimum Gasteiger partial charge on any atom is -0.294 e. The highest BCUT2D eigenvalue weighted by molar-refractivity contribution is 7.92. The Labute approximate surface area is 131 Å². The third-order valence-electron chi connectivity index (χ3n) is 3.28. The number of hydrogen-bond donors (Lipinski definition) is 1. The Morgan fingerprint density at radius 1 is 0.955 bits per heavy atom. The predicted molar refractivity (Wildman–Crippen MR) is 87.6 cm³/mol. The highest BCUT2D eigenvalue weighted by Crippen LogP contribution is 2.18. The first-order chi connectivity index (χ1) is 10.3. The number of aryl methyl sites for hydroxylation is 1. The fourth-order valence-corrected chi connectivity index (χ4v) is 3.03. The second-order valence-electron chi connectivity index (χ2n) is 5.51. The number of anilines is 1. The lowest BCUT2D eigenvalue weighted by Crippen LogP contribution is -2.13. The van der Waals surface area contributed by atoms with E-state index in [0.29, 0.717) is 11.3 Å². The number of carbonyl (C=O) groups excluding carboxylic acids is 1. The number of nitrogens with one attached hydrogen (secondary N) is 1. The molecule has 0 saturated carbocycles. The van der Waals surface area contributed by atoms with E-state index in [1.807, 2.05) is 32.9 Å². The van der Waals surface area contributed by atoms with Crippen LogP contribution >= 0.6 is 0 Å². The van der Waals surface area contributed by atoms with Crippen LogP contribution in [0.4, 0.5) is 5.69 Å². The van der Waals surface area contributed by atoms with Crippen molar-refractivity contribution in [2.45, 2.75) is 25.7 Å². The molecule has 2 aromatic rings. The molecule has 0 amide bonds. The first kappa shape index (κ1) is 16.2. The van der Waals surface area contributed by atoms with Crippen molar-refractivity contribution in [3.63, 3.8) is 0 Å². The molecule has 0 heterocycles. The van der Waals surface area contributed by atoms with Crippen LogP contribution in [-0.2, 0) is 10.0 Å². The van der Waals surface area contributed by atoms with Gasteiger partial charge in [-0.15, -0.1) is 0 Å². The smallest absolute Gasteiger partial charge is 0.261 e. The maximum Gasteiger partial charge on any atom is 0.261 e. The van der Waals surface area contributed by atoms with Gasteiger partial charge >= 0.3 is 0 Å². The first-order valence-corrected chi connectivity index (χ1v) is 8.51. The zero-order valence-electron chi connectivity index (χ0n) is 12.8. The topological polar surface area (TPSA) is 63.2 Å². The van der Waals surface area contributed by atoms with E-state index in [1.165, 1.54) is 12.1 Å². The van der Waals surface area contributed by atoms with Gasteiger partial charge in [-0.3, -0.25) is 9.52 Å². The number of rotatable bonds is 5. The quantitative estimate of drug-likeness (QED) is 0.856. The lowest BCUT2D eigenvalue weighted by atomic mass is 10.0. The van der Waals surface area contributed by atoms with Crippen LogP contribution in [0, 0.1) is 12.8 Å². The summed E-state index contributed by atoms with van der Waals surface area (Å²) in [6.07, 6.45) is 0. The van der Waals surface area contributed by atoms with Gasteiger partial charge in [-0.2, -0.15) is 0 Å². The minimum atomic E-state index is -3.65. The summed E-state index contributed by atoms with van der Waals surface area (Å²) in [6, 6.07) is 13.1. The molecule has 1 N–H and O–H groups in total. The van der Waals surface area contributed by atoms with Gasteiger partial charge in [0.15, 0.2) is 5.78 Å². The molecule has 22 heavy (non-hydrogen) atoms. The number of benzene rings is 2. The fourth-order valence-electron chi connectivity index (χ4n) is 1.97. The summed E-state index contributed by atoms with van der Waals surface area (Å²) in [5, 5.41) is 0. The van der Waals surface area contributed by atoms with Crippen molar-refractivity contribution in [1.82, 2.24) is 0 Å². The molecule has 116 valence electrons. The first-order valence-electron chi connectivity index (χ1n) is 7.03. The molecular weight excluding hydrogens is 298 g/mol. The molecule has 0 fully saturated rings. The largest absolute Gasteiger partial charge is 0.294 e. The Hall–Kier alpha value is -2.14. The summed E-state index contributed by atoms with van der Waals surface area (Å²) >= 11 is 0. The van der Waals surface area contributed by atoms with Crippen LogP contribution in [0.5, 0.6) is 0 Å². The Kier molecular flexibility index (Phi) is 4.66. The second-order valence-corrected chi connectivity index (χ2v) is 7.20. The van der Waals surface area contributed by atoms with E-state index >= 15 is 0 Å². The molecule has 0 aliphatic rings. The highest BCUT2D eigenvalue weighted by atomic mass is 32.2. The Morgan fingerprint density at radius 3 is 2.00 bits per heavy atom. The average molecular weight is 317 g/mol. The third-order valence-corrected chi connectivity index (χ3v) is 4.67. The molecule has 0 aliphatic heterocycles. The summed E-state index contributed by atoms with van der Waals surface area (Å²) in [5.41, 5.74) is 2.08. The summed E-state index contributed by atoms with van der Waals surface area (Å²) in [4.78, 5) is 12.0. The Balaban J connectivity index is 2.22. The standard InChI is InChI=1S/C17H19NO3S/c1-12(2)17(19)14-6-10-16(11-7-14)22(20,21)18-15-8-4-13(3)5-9-15/h4-12,18H,1-3H3. The average Bonchev–Trinajstić information content (AvgIpc) is 2.48. The third kappa shape index (κ3) is 3.74. The summed E-state index contributed by atoms with van der Waals surface area (Å²) in [7, 11) is -3.65. The van der Waals surface area contributed by atoms with E-state index in [2.05, 4.69) is 4.72 Å². The molecule has 0 saturated heterocycles. The molecule has 0 radical (unpaired) electrons. The van der Waals surface area contributed by atoms with Crippen molar-refractivity contribution in [2.24, 2.45) is 5.92 Å². The van der Waals surface area contributed by atoms with Crippen molar-refractivity contribution in [1.29, 1.82) is 0 Å². The zero-order chi connectivity index (χ0) is 16.3. The normalized spacial score (nSPS) is 11.5.